The lowest BCUT2D eigenvalue weighted by Crippen LogP contribution is -2.12. The molecule has 0 unspecified atom stereocenters. The van der Waals surface area contributed by atoms with Gasteiger partial charge in [-0.1, -0.05) is 0 Å². The summed E-state index contributed by atoms with van der Waals surface area (Å²) in [5.74, 6) is 1.31. The number of ether oxygens (including phenoxy) is 3. The first-order chi connectivity index (χ1) is 13.2. The summed E-state index contributed by atoms with van der Waals surface area (Å²) >= 11 is 0. The molecule has 0 aliphatic heterocycles. The molecular weight excluding hydrogens is 392 g/mol. The number of benzene rings is 2. The van der Waals surface area contributed by atoms with Crippen LogP contribution in [0.2, 0.25) is 0 Å². The Bertz CT molecular complexity index is 997. The van der Waals surface area contributed by atoms with Crippen molar-refractivity contribution >= 4 is 27.6 Å². The van der Waals surface area contributed by atoms with E-state index in [1.165, 1.54) is 33.6 Å². The van der Waals surface area contributed by atoms with Crippen molar-refractivity contribution in [3.8, 4) is 17.2 Å². The lowest BCUT2D eigenvalue weighted by atomic mass is 10.2. The quantitative estimate of drug-likeness (QED) is 0.378. The van der Waals surface area contributed by atoms with Gasteiger partial charge in [-0.05, 0) is 12.1 Å². The summed E-state index contributed by atoms with van der Waals surface area (Å²) in [6.07, 6.45) is 1.34. The third-order valence-corrected chi connectivity index (χ3v) is 4.54. The number of hydrogen-bond acceptors (Lipinski definition) is 9. The number of anilines is 1. The van der Waals surface area contributed by atoms with E-state index >= 15 is 0 Å². The number of methoxy groups -OCH3 is 3. The van der Waals surface area contributed by atoms with E-state index in [4.69, 9.17) is 19.3 Å². The van der Waals surface area contributed by atoms with Gasteiger partial charge in [0.1, 0.15) is 22.9 Å². The minimum Gasteiger partial charge on any atom is -0.496 e. The maximum atomic E-state index is 11.4. The number of hydrazone groups is 1. The van der Waals surface area contributed by atoms with Gasteiger partial charge >= 0.3 is 0 Å². The number of rotatable bonds is 8. The maximum absolute atomic E-state index is 11.4. The Balaban J connectivity index is 2.39. The molecule has 150 valence electrons. The van der Waals surface area contributed by atoms with E-state index in [1.54, 1.807) is 12.1 Å². The van der Waals surface area contributed by atoms with E-state index in [-0.39, 0.29) is 10.6 Å². The Morgan fingerprint density at radius 1 is 1.11 bits per heavy atom. The van der Waals surface area contributed by atoms with Gasteiger partial charge in [0, 0.05) is 18.2 Å². The number of nitrogens with zero attached hydrogens (tertiary/aromatic N) is 2. The fourth-order valence-electron chi connectivity index (χ4n) is 2.26. The lowest BCUT2D eigenvalue weighted by Gasteiger charge is -2.12. The molecule has 12 heteroatoms. The van der Waals surface area contributed by atoms with Crippen LogP contribution in [0.5, 0.6) is 17.2 Å². The number of nitro benzene ring substituents is 1. The predicted octanol–water partition coefficient (Wildman–Crippen LogP) is 1.71. The molecule has 0 spiro atoms. The molecule has 0 aliphatic rings. The van der Waals surface area contributed by atoms with Crippen molar-refractivity contribution in [1.82, 2.24) is 0 Å². The summed E-state index contributed by atoms with van der Waals surface area (Å²) in [7, 11) is 0.323. The zero-order valence-corrected chi connectivity index (χ0v) is 16.0. The van der Waals surface area contributed by atoms with Gasteiger partial charge < -0.3 is 14.2 Å². The minimum absolute atomic E-state index is 0.0277. The summed E-state index contributed by atoms with van der Waals surface area (Å²) in [5, 5.41) is 20.2. The second-order valence-corrected chi connectivity index (χ2v) is 6.86. The van der Waals surface area contributed by atoms with Crippen molar-refractivity contribution in [3.05, 3.63) is 46.0 Å². The molecule has 0 radical (unpaired) electrons. The molecule has 2 aromatic carbocycles. The van der Waals surface area contributed by atoms with Crippen molar-refractivity contribution in [1.29, 1.82) is 0 Å². The molecule has 0 fully saturated rings. The van der Waals surface area contributed by atoms with Crippen LogP contribution in [0.3, 0.4) is 0 Å². The molecule has 0 heterocycles. The molecule has 11 nitrogen and oxygen atoms in total. The molecule has 0 bridgehead atoms. The zero-order valence-electron chi connectivity index (χ0n) is 15.2. The van der Waals surface area contributed by atoms with E-state index in [1.807, 2.05) is 0 Å². The number of primary sulfonamides is 1. The molecule has 0 saturated carbocycles. The fraction of sp³-hybridized carbons (Fsp3) is 0.188. The van der Waals surface area contributed by atoms with Gasteiger partial charge in [-0.2, -0.15) is 5.10 Å². The predicted molar refractivity (Wildman–Crippen MR) is 102 cm³/mol. The van der Waals surface area contributed by atoms with Crippen molar-refractivity contribution < 1.29 is 27.6 Å². The van der Waals surface area contributed by atoms with Gasteiger partial charge in [0.05, 0.1) is 42.9 Å². The van der Waals surface area contributed by atoms with E-state index in [2.05, 4.69) is 10.5 Å². The smallest absolute Gasteiger partial charge is 0.295 e. The molecule has 0 atom stereocenters. The highest BCUT2D eigenvalue weighted by molar-refractivity contribution is 7.89. The van der Waals surface area contributed by atoms with E-state index in [0.29, 0.717) is 22.8 Å². The Morgan fingerprint density at radius 2 is 1.71 bits per heavy atom. The number of sulfonamides is 1. The number of nitrogens with two attached hydrogens (primary N) is 1. The highest BCUT2D eigenvalue weighted by Gasteiger charge is 2.19. The van der Waals surface area contributed by atoms with Crippen LogP contribution in [-0.2, 0) is 10.0 Å². The van der Waals surface area contributed by atoms with Crippen LogP contribution in [0.15, 0.2) is 40.3 Å². The van der Waals surface area contributed by atoms with Crippen molar-refractivity contribution in [2.24, 2.45) is 10.2 Å². The van der Waals surface area contributed by atoms with Gasteiger partial charge in [0.2, 0.25) is 10.0 Å². The average Bonchev–Trinajstić information content (AvgIpc) is 2.66. The number of nitrogens with one attached hydrogen (secondary N) is 1. The van der Waals surface area contributed by atoms with Gasteiger partial charge in [0.15, 0.2) is 0 Å². The van der Waals surface area contributed by atoms with E-state index < -0.39 is 20.6 Å². The van der Waals surface area contributed by atoms with Gasteiger partial charge in [0.25, 0.3) is 5.69 Å². The van der Waals surface area contributed by atoms with E-state index in [0.717, 1.165) is 12.1 Å². The Labute approximate surface area is 160 Å². The molecule has 2 rings (SSSR count). The molecule has 2 aromatic rings. The van der Waals surface area contributed by atoms with Crippen LogP contribution >= 0.6 is 0 Å². The topological polar surface area (TPSA) is 155 Å². The first kappa shape index (κ1) is 20.9. The molecule has 0 aliphatic carbocycles. The second-order valence-electron chi connectivity index (χ2n) is 5.30. The normalized spacial score (nSPS) is 11.3. The van der Waals surface area contributed by atoms with Crippen molar-refractivity contribution in [3.63, 3.8) is 0 Å². The highest BCUT2D eigenvalue weighted by atomic mass is 32.2. The SMILES string of the molecule is COc1cc(OC)c(C=NNc2ccc(S(N)(=O)=O)cc2[N+](=O)[O-])c(OC)c1. The van der Waals surface area contributed by atoms with Crippen LogP contribution < -0.4 is 24.8 Å². The summed E-state index contributed by atoms with van der Waals surface area (Å²) in [6.45, 7) is 0. The molecule has 0 saturated heterocycles. The fourth-order valence-corrected chi connectivity index (χ4v) is 2.79. The molecule has 0 aromatic heterocycles. The van der Waals surface area contributed by atoms with Crippen molar-refractivity contribution in [2.75, 3.05) is 26.8 Å². The summed E-state index contributed by atoms with van der Waals surface area (Å²) < 4.78 is 38.5. The largest absolute Gasteiger partial charge is 0.496 e. The highest BCUT2D eigenvalue weighted by Crippen LogP contribution is 2.33. The van der Waals surface area contributed by atoms with Gasteiger partial charge in [-0.15, -0.1) is 0 Å². The van der Waals surface area contributed by atoms with Gasteiger partial charge in [-0.25, -0.2) is 13.6 Å². The number of nitro groups is 1. The lowest BCUT2D eigenvalue weighted by molar-refractivity contribution is -0.384. The monoisotopic (exact) mass is 410 g/mol. The summed E-state index contributed by atoms with van der Waals surface area (Å²) in [5.41, 5.74) is 2.43. The standard InChI is InChI=1S/C16H18N4O7S/c1-25-10-6-15(26-2)12(16(7-10)27-3)9-18-19-13-5-4-11(28(17,23)24)8-14(13)20(21)22/h4-9,19H,1-3H3,(H2,17,23,24). The van der Waals surface area contributed by atoms with E-state index in [9.17, 15) is 18.5 Å². The molecule has 3 N–H and O–H groups in total. The van der Waals surface area contributed by atoms with Crippen LogP contribution in [0.4, 0.5) is 11.4 Å². The minimum atomic E-state index is -4.08. The van der Waals surface area contributed by atoms with Crippen LogP contribution in [-0.4, -0.2) is 40.9 Å². The summed E-state index contributed by atoms with van der Waals surface area (Å²) in [4.78, 5) is 10.1. The molecule has 28 heavy (non-hydrogen) atoms. The maximum Gasteiger partial charge on any atom is 0.295 e. The zero-order chi connectivity index (χ0) is 20.9. The summed E-state index contributed by atoms with van der Waals surface area (Å²) in [6, 6.07) is 6.41. The van der Waals surface area contributed by atoms with Gasteiger partial charge in [-0.3, -0.25) is 15.5 Å². The van der Waals surface area contributed by atoms with Crippen LogP contribution in [0, 0.1) is 10.1 Å². The Morgan fingerprint density at radius 3 is 2.18 bits per heavy atom. The van der Waals surface area contributed by atoms with Crippen LogP contribution in [0.25, 0.3) is 0 Å². The second kappa shape index (κ2) is 8.54. The average molecular weight is 410 g/mol. The Hall–Kier alpha value is -3.38. The first-order valence-electron chi connectivity index (χ1n) is 7.61. The Kier molecular flexibility index (Phi) is 6.38. The van der Waals surface area contributed by atoms with Crippen molar-refractivity contribution in [2.45, 2.75) is 4.90 Å². The first-order valence-corrected chi connectivity index (χ1v) is 9.16. The third kappa shape index (κ3) is 4.66. The molecular formula is C16H18N4O7S. The third-order valence-electron chi connectivity index (χ3n) is 3.63. The van der Waals surface area contributed by atoms with Crippen LogP contribution in [0.1, 0.15) is 5.56 Å². The molecule has 0 amide bonds. The number of hydrogen-bond donors (Lipinski definition) is 2.